The average molecular weight is 545 g/mol. The van der Waals surface area contributed by atoms with E-state index >= 15 is 0 Å². The Kier molecular flexibility index (Phi) is 11.0. The van der Waals surface area contributed by atoms with E-state index in [1.54, 1.807) is 20.8 Å². The average Bonchev–Trinajstić information content (AvgIpc) is 3.28. The molecule has 1 fully saturated rings. The number of aromatic nitrogens is 2. The zero-order chi connectivity index (χ0) is 27.8. The van der Waals surface area contributed by atoms with E-state index in [1.165, 1.54) is 32.6 Å². The van der Waals surface area contributed by atoms with Gasteiger partial charge in [-0.15, -0.1) is 4.37 Å². The van der Waals surface area contributed by atoms with Crippen LogP contribution in [0.25, 0.3) is 0 Å². The van der Waals surface area contributed by atoms with E-state index < -0.39 is 47.7 Å². The van der Waals surface area contributed by atoms with Crippen LogP contribution in [-0.2, 0) is 38.1 Å². The summed E-state index contributed by atoms with van der Waals surface area (Å²) in [5, 5.41) is 0. The SMILES string of the molecule is CC(=O)OC(C)C(=O)OC(C)C(=O)N(C[C@@H](COc1nsnc1N1CCOCC1)OC(C)=O)C(C)(C)C. The quantitative estimate of drug-likeness (QED) is 0.291. The first-order valence-corrected chi connectivity index (χ1v) is 12.7. The Morgan fingerprint density at radius 1 is 1.00 bits per heavy atom. The molecular formula is C23H36N4O9S. The van der Waals surface area contributed by atoms with E-state index in [1.807, 2.05) is 4.90 Å². The van der Waals surface area contributed by atoms with Crippen LogP contribution in [0.15, 0.2) is 0 Å². The third kappa shape index (κ3) is 9.43. The van der Waals surface area contributed by atoms with Gasteiger partial charge in [0.2, 0.25) is 5.82 Å². The molecule has 2 rings (SSSR count). The van der Waals surface area contributed by atoms with Crippen molar-refractivity contribution in [1.29, 1.82) is 0 Å². The largest absolute Gasteiger partial charge is 0.470 e. The molecule has 3 atom stereocenters. The van der Waals surface area contributed by atoms with E-state index in [2.05, 4.69) is 8.75 Å². The zero-order valence-corrected chi connectivity index (χ0v) is 23.2. The fourth-order valence-corrected chi connectivity index (χ4v) is 4.02. The molecule has 13 nitrogen and oxygen atoms in total. The Bertz CT molecular complexity index is 943. The van der Waals surface area contributed by atoms with Gasteiger partial charge in [0.25, 0.3) is 11.8 Å². The smallest absolute Gasteiger partial charge is 0.347 e. The fraction of sp³-hybridized carbons (Fsp3) is 0.739. The van der Waals surface area contributed by atoms with E-state index in [-0.39, 0.29) is 13.2 Å². The third-order valence-corrected chi connectivity index (χ3v) is 5.77. The van der Waals surface area contributed by atoms with Crippen LogP contribution in [0.4, 0.5) is 5.82 Å². The lowest BCUT2D eigenvalue weighted by molar-refractivity contribution is -0.174. The summed E-state index contributed by atoms with van der Waals surface area (Å²) >= 11 is 1.00. The summed E-state index contributed by atoms with van der Waals surface area (Å²) in [4.78, 5) is 51.9. The molecule has 14 heteroatoms. The Balaban J connectivity index is 2.12. The normalized spacial score (nSPS) is 16.2. The number of esters is 3. The maximum Gasteiger partial charge on any atom is 0.347 e. The van der Waals surface area contributed by atoms with E-state index in [0.717, 1.165) is 11.7 Å². The summed E-state index contributed by atoms with van der Waals surface area (Å²) in [5.74, 6) is -1.67. The van der Waals surface area contributed by atoms with E-state index in [4.69, 9.17) is 23.7 Å². The van der Waals surface area contributed by atoms with Crippen LogP contribution < -0.4 is 9.64 Å². The first-order valence-electron chi connectivity index (χ1n) is 11.9. The molecule has 0 radical (unpaired) electrons. The summed E-state index contributed by atoms with van der Waals surface area (Å²) in [7, 11) is 0. The molecule has 0 bridgehead atoms. The highest BCUT2D eigenvalue weighted by Gasteiger charge is 2.35. The van der Waals surface area contributed by atoms with Crippen molar-refractivity contribution in [3.63, 3.8) is 0 Å². The molecular weight excluding hydrogens is 508 g/mol. The van der Waals surface area contributed by atoms with Gasteiger partial charge < -0.3 is 33.5 Å². The van der Waals surface area contributed by atoms with Crippen LogP contribution in [-0.4, -0.2) is 101 Å². The molecule has 1 aromatic heterocycles. The lowest BCUT2D eigenvalue weighted by Crippen LogP contribution is -2.54. The number of hydrogen-bond donors (Lipinski definition) is 0. The third-order valence-electron chi connectivity index (χ3n) is 5.27. The van der Waals surface area contributed by atoms with E-state index in [0.29, 0.717) is 38.0 Å². The number of nitrogens with zero attached hydrogens (tertiary/aromatic N) is 4. The standard InChI is InChI=1S/C23H36N4O9S/c1-14(35-22(31)15(2)34-16(3)28)21(30)27(23(5,6)7)12-18(36-17(4)29)13-33-20-19(24-37-25-20)26-8-10-32-11-9-26/h14-15,18H,8-13H2,1-7H3/t14?,15?,18-/m0/s1. The second kappa shape index (κ2) is 13.5. The van der Waals surface area contributed by atoms with Gasteiger partial charge in [-0.2, -0.15) is 4.37 Å². The highest BCUT2D eigenvalue weighted by atomic mass is 32.1. The Labute approximate surface area is 220 Å². The van der Waals surface area contributed by atoms with Crippen LogP contribution in [0.1, 0.15) is 48.5 Å². The highest BCUT2D eigenvalue weighted by molar-refractivity contribution is 6.99. The van der Waals surface area contributed by atoms with Gasteiger partial charge in [-0.05, 0) is 34.6 Å². The lowest BCUT2D eigenvalue weighted by atomic mass is 10.0. The van der Waals surface area contributed by atoms with Crippen molar-refractivity contribution in [3.05, 3.63) is 0 Å². The van der Waals surface area contributed by atoms with Crippen molar-refractivity contribution in [2.45, 2.75) is 72.3 Å². The number of carbonyl (C=O) groups excluding carboxylic acids is 4. The molecule has 1 aliphatic rings. The monoisotopic (exact) mass is 544 g/mol. The van der Waals surface area contributed by atoms with Gasteiger partial charge >= 0.3 is 17.9 Å². The van der Waals surface area contributed by atoms with Crippen LogP contribution in [0.3, 0.4) is 0 Å². The number of hydrogen-bond acceptors (Lipinski definition) is 13. The number of morpholine rings is 1. The van der Waals surface area contributed by atoms with Gasteiger partial charge in [0, 0.05) is 32.5 Å². The molecule has 0 aromatic carbocycles. The number of rotatable bonds is 11. The topological polar surface area (TPSA) is 147 Å². The van der Waals surface area contributed by atoms with Crippen molar-refractivity contribution in [1.82, 2.24) is 13.6 Å². The molecule has 1 saturated heterocycles. The Morgan fingerprint density at radius 3 is 2.19 bits per heavy atom. The summed E-state index contributed by atoms with van der Waals surface area (Å²) < 4.78 is 35.3. The summed E-state index contributed by atoms with van der Waals surface area (Å²) in [5.41, 5.74) is -0.723. The zero-order valence-electron chi connectivity index (χ0n) is 22.3. The number of carbonyl (C=O) groups is 4. The highest BCUT2D eigenvalue weighted by Crippen LogP contribution is 2.27. The van der Waals surface area contributed by atoms with E-state index in [9.17, 15) is 19.2 Å². The minimum atomic E-state index is -1.18. The molecule has 2 unspecified atom stereocenters. The summed E-state index contributed by atoms with van der Waals surface area (Å²) in [6, 6.07) is 0. The molecule has 0 aliphatic carbocycles. The van der Waals surface area contributed by atoms with Gasteiger partial charge in [-0.1, -0.05) is 0 Å². The molecule has 37 heavy (non-hydrogen) atoms. The molecule has 1 aliphatic heterocycles. The molecule has 0 N–H and O–H groups in total. The first kappa shape index (κ1) is 30.2. The lowest BCUT2D eigenvalue weighted by Gasteiger charge is -2.39. The van der Waals surface area contributed by atoms with Crippen LogP contribution in [0.5, 0.6) is 5.88 Å². The second-order valence-corrected chi connectivity index (χ2v) is 10.0. The number of anilines is 1. The van der Waals surface area contributed by atoms with Gasteiger partial charge in [0.1, 0.15) is 6.61 Å². The minimum absolute atomic E-state index is 0.0340. The number of amides is 1. The fourth-order valence-electron chi connectivity index (χ4n) is 3.50. The second-order valence-electron chi connectivity index (χ2n) is 9.49. The predicted octanol–water partition coefficient (Wildman–Crippen LogP) is 1.20. The van der Waals surface area contributed by atoms with Crippen molar-refractivity contribution < 1.29 is 42.9 Å². The predicted molar refractivity (Wildman–Crippen MR) is 132 cm³/mol. The summed E-state index contributed by atoms with van der Waals surface area (Å²) in [6.07, 6.45) is -3.19. The van der Waals surface area contributed by atoms with Crippen LogP contribution >= 0.6 is 11.7 Å². The van der Waals surface area contributed by atoms with Crippen molar-refractivity contribution in [3.8, 4) is 5.88 Å². The molecule has 0 spiro atoms. The van der Waals surface area contributed by atoms with Crippen molar-refractivity contribution in [2.24, 2.45) is 0 Å². The van der Waals surface area contributed by atoms with Crippen LogP contribution in [0, 0.1) is 0 Å². The molecule has 1 amide bonds. The summed E-state index contributed by atoms with van der Waals surface area (Å²) in [6.45, 7) is 12.9. The Hall–Kier alpha value is -3.00. The first-order chi connectivity index (χ1) is 17.3. The minimum Gasteiger partial charge on any atom is -0.470 e. The van der Waals surface area contributed by atoms with Gasteiger partial charge in [0.05, 0.1) is 31.5 Å². The molecule has 208 valence electrons. The van der Waals surface area contributed by atoms with Crippen molar-refractivity contribution >= 4 is 41.4 Å². The maximum atomic E-state index is 13.3. The molecule has 2 heterocycles. The Morgan fingerprint density at radius 2 is 1.62 bits per heavy atom. The van der Waals surface area contributed by atoms with Gasteiger partial charge in [-0.25, -0.2) is 4.79 Å². The number of ether oxygens (including phenoxy) is 5. The molecule has 1 aromatic rings. The van der Waals surface area contributed by atoms with Crippen LogP contribution in [0.2, 0.25) is 0 Å². The van der Waals surface area contributed by atoms with Gasteiger partial charge in [-0.3, -0.25) is 14.4 Å². The van der Waals surface area contributed by atoms with Gasteiger partial charge in [0.15, 0.2) is 18.3 Å². The molecule has 0 saturated carbocycles. The maximum absolute atomic E-state index is 13.3. The van der Waals surface area contributed by atoms with Crippen molar-refractivity contribution in [2.75, 3.05) is 44.4 Å².